The van der Waals surface area contributed by atoms with Crippen LogP contribution in [0, 0.1) is 6.92 Å². The van der Waals surface area contributed by atoms with Crippen LogP contribution in [-0.2, 0) is 0 Å². The summed E-state index contributed by atoms with van der Waals surface area (Å²) in [5, 5.41) is 5.47. The molecule has 0 unspecified atom stereocenters. The van der Waals surface area contributed by atoms with Gasteiger partial charge in [0, 0.05) is 10.6 Å². The molecule has 0 aliphatic heterocycles. The summed E-state index contributed by atoms with van der Waals surface area (Å²) in [4.78, 5) is 11.2. The number of aromatic nitrogens is 2. The SMILES string of the molecule is C/C(=N/Nc1nc(C)nc2sc(-c3ccccc3)cc12)c1cccc(N)c1. The van der Waals surface area contributed by atoms with Crippen molar-refractivity contribution in [2.24, 2.45) is 5.10 Å². The molecule has 0 bridgehead atoms. The Morgan fingerprint density at radius 1 is 1.04 bits per heavy atom. The van der Waals surface area contributed by atoms with E-state index in [9.17, 15) is 0 Å². The minimum Gasteiger partial charge on any atom is -0.399 e. The monoisotopic (exact) mass is 373 g/mol. The molecule has 0 aliphatic carbocycles. The third-order valence-corrected chi connectivity index (χ3v) is 5.27. The molecule has 0 aliphatic rings. The highest BCUT2D eigenvalue weighted by molar-refractivity contribution is 7.21. The third-order valence-electron chi connectivity index (χ3n) is 4.20. The van der Waals surface area contributed by atoms with Crippen LogP contribution in [0.2, 0.25) is 0 Å². The van der Waals surface area contributed by atoms with Gasteiger partial charge in [-0.15, -0.1) is 11.3 Å². The van der Waals surface area contributed by atoms with E-state index in [-0.39, 0.29) is 0 Å². The number of hydrazone groups is 1. The van der Waals surface area contributed by atoms with E-state index in [4.69, 9.17) is 5.73 Å². The molecule has 4 aromatic rings. The van der Waals surface area contributed by atoms with E-state index in [0.29, 0.717) is 17.3 Å². The Bertz CT molecular complexity index is 1130. The Kier molecular flexibility index (Phi) is 4.56. The van der Waals surface area contributed by atoms with Crippen LogP contribution in [-0.4, -0.2) is 15.7 Å². The van der Waals surface area contributed by atoms with Gasteiger partial charge in [-0.2, -0.15) is 5.10 Å². The first-order valence-corrected chi connectivity index (χ1v) is 9.41. The van der Waals surface area contributed by atoms with Crippen LogP contribution in [0.4, 0.5) is 11.5 Å². The number of thiophene rings is 1. The zero-order chi connectivity index (χ0) is 18.8. The second kappa shape index (κ2) is 7.17. The molecule has 0 saturated carbocycles. The van der Waals surface area contributed by atoms with E-state index in [0.717, 1.165) is 26.4 Å². The molecule has 0 spiro atoms. The van der Waals surface area contributed by atoms with Crippen LogP contribution in [0.15, 0.2) is 65.8 Å². The predicted molar refractivity (Wildman–Crippen MR) is 114 cm³/mol. The van der Waals surface area contributed by atoms with Crippen molar-refractivity contribution < 1.29 is 0 Å². The van der Waals surface area contributed by atoms with Crippen molar-refractivity contribution in [3.05, 3.63) is 72.1 Å². The molecular weight excluding hydrogens is 354 g/mol. The van der Waals surface area contributed by atoms with Gasteiger partial charge in [0.15, 0.2) is 5.82 Å². The number of nitrogens with one attached hydrogen (secondary N) is 1. The summed E-state index contributed by atoms with van der Waals surface area (Å²) >= 11 is 1.66. The van der Waals surface area contributed by atoms with Gasteiger partial charge in [-0.05, 0) is 43.2 Å². The quantitative estimate of drug-likeness (QED) is 0.297. The van der Waals surface area contributed by atoms with Gasteiger partial charge in [-0.3, -0.25) is 5.43 Å². The molecule has 5 nitrogen and oxygen atoms in total. The number of nitrogen functional groups attached to an aromatic ring is 1. The fraction of sp³-hybridized carbons (Fsp3) is 0.0952. The van der Waals surface area contributed by atoms with Crippen molar-refractivity contribution in [3.63, 3.8) is 0 Å². The van der Waals surface area contributed by atoms with Gasteiger partial charge in [0.25, 0.3) is 0 Å². The van der Waals surface area contributed by atoms with Gasteiger partial charge in [-0.25, -0.2) is 9.97 Å². The predicted octanol–water partition coefficient (Wildman–Crippen LogP) is 5.09. The summed E-state index contributed by atoms with van der Waals surface area (Å²) in [5.41, 5.74) is 12.7. The van der Waals surface area contributed by atoms with Gasteiger partial charge in [-0.1, -0.05) is 42.5 Å². The Balaban J connectivity index is 1.71. The molecule has 2 aromatic carbocycles. The maximum atomic E-state index is 5.86. The lowest BCUT2D eigenvalue weighted by atomic mass is 10.1. The lowest BCUT2D eigenvalue weighted by molar-refractivity contribution is 1.08. The topological polar surface area (TPSA) is 76.2 Å². The molecule has 0 radical (unpaired) electrons. The number of rotatable bonds is 4. The number of nitrogens with two attached hydrogens (primary N) is 1. The van der Waals surface area contributed by atoms with E-state index in [2.05, 4.69) is 38.7 Å². The van der Waals surface area contributed by atoms with Gasteiger partial charge < -0.3 is 5.73 Å². The Morgan fingerprint density at radius 2 is 1.85 bits per heavy atom. The molecule has 0 amide bonds. The van der Waals surface area contributed by atoms with Crippen LogP contribution in [0.25, 0.3) is 20.7 Å². The van der Waals surface area contributed by atoms with Gasteiger partial charge >= 0.3 is 0 Å². The number of fused-ring (bicyclic) bond motifs is 1. The van der Waals surface area contributed by atoms with Gasteiger partial charge in [0.05, 0.1) is 11.1 Å². The highest BCUT2D eigenvalue weighted by Crippen LogP contribution is 2.35. The first-order valence-electron chi connectivity index (χ1n) is 8.60. The summed E-state index contributed by atoms with van der Waals surface area (Å²) in [5.74, 6) is 1.42. The van der Waals surface area contributed by atoms with E-state index in [1.165, 1.54) is 5.56 Å². The molecule has 2 heterocycles. The fourth-order valence-electron chi connectivity index (χ4n) is 2.82. The summed E-state index contributed by atoms with van der Waals surface area (Å²) < 4.78 is 0. The number of hydrogen-bond donors (Lipinski definition) is 2. The van der Waals surface area contributed by atoms with Crippen LogP contribution in [0.5, 0.6) is 0 Å². The number of hydrogen-bond acceptors (Lipinski definition) is 6. The highest BCUT2D eigenvalue weighted by Gasteiger charge is 2.11. The first-order chi connectivity index (χ1) is 13.1. The van der Waals surface area contributed by atoms with E-state index >= 15 is 0 Å². The van der Waals surface area contributed by atoms with Crippen molar-refractivity contribution in [3.8, 4) is 10.4 Å². The molecule has 134 valence electrons. The lowest BCUT2D eigenvalue weighted by Gasteiger charge is -2.05. The molecule has 27 heavy (non-hydrogen) atoms. The van der Waals surface area contributed by atoms with Crippen molar-refractivity contribution in [1.82, 2.24) is 9.97 Å². The van der Waals surface area contributed by atoms with Gasteiger partial charge in [0.1, 0.15) is 10.7 Å². The van der Waals surface area contributed by atoms with Crippen molar-refractivity contribution >= 4 is 38.8 Å². The van der Waals surface area contributed by atoms with Crippen molar-refractivity contribution in [1.29, 1.82) is 0 Å². The molecule has 4 rings (SSSR count). The molecule has 2 aromatic heterocycles. The zero-order valence-electron chi connectivity index (χ0n) is 15.1. The molecule has 0 saturated heterocycles. The lowest BCUT2D eigenvalue weighted by Crippen LogP contribution is -2.03. The number of nitrogens with zero attached hydrogens (tertiary/aromatic N) is 3. The fourth-order valence-corrected chi connectivity index (χ4v) is 3.91. The number of benzene rings is 2. The van der Waals surface area contributed by atoms with Crippen LogP contribution in [0.1, 0.15) is 18.3 Å². The maximum absolute atomic E-state index is 5.86. The van der Waals surface area contributed by atoms with Crippen molar-refractivity contribution in [2.45, 2.75) is 13.8 Å². The highest BCUT2D eigenvalue weighted by atomic mass is 32.1. The normalized spacial score (nSPS) is 11.7. The van der Waals surface area contributed by atoms with E-state index in [1.54, 1.807) is 11.3 Å². The largest absolute Gasteiger partial charge is 0.399 e. The Labute approximate surface area is 161 Å². The average Bonchev–Trinajstić information content (AvgIpc) is 3.10. The van der Waals surface area contributed by atoms with E-state index < -0.39 is 0 Å². The number of aryl methyl sites for hydroxylation is 1. The van der Waals surface area contributed by atoms with Crippen LogP contribution < -0.4 is 11.2 Å². The Hall–Kier alpha value is -3.25. The summed E-state index contributed by atoms with van der Waals surface area (Å²) in [6.45, 7) is 3.83. The average molecular weight is 373 g/mol. The Morgan fingerprint density at radius 3 is 2.63 bits per heavy atom. The minimum atomic E-state index is 0.708. The molecule has 0 fully saturated rings. The molecule has 0 atom stereocenters. The summed E-state index contributed by atoms with van der Waals surface area (Å²) in [7, 11) is 0. The maximum Gasteiger partial charge on any atom is 0.158 e. The summed E-state index contributed by atoms with van der Waals surface area (Å²) in [6, 6.07) is 20.1. The molecular formula is C21H19N5S. The first kappa shape index (κ1) is 17.2. The molecule has 3 N–H and O–H groups in total. The summed E-state index contributed by atoms with van der Waals surface area (Å²) in [6.07, 6.45) is 0. The second-order valence-electron chi connectivity index (χ2n) is 6.25. The van der Waals surface area contributed by atoms with Gasteiger partial charge in [0.2, 0.25) is 0 Å². The third kappa shape index (κ3) is 3.66. The van der Waals surface area contributed by atoms with E-state index in [1.807, 2.05) is 56.3 Å². The molecule has 6 heteroatoms. The standard InChI is InChI=1S/C21H19N5S/c1-13(16-9-6-10-17(22)11-16)25-26-20-18-12-19(15-7-4-3-5-8-15)27-21(18)24-14(2)23-20/h3-12H,22H2,1-2H3,(H,23,24,26)/b25-13-. The smallest absolute Gasteiger partial charge is 0.158 e. The van der Waals surface area contributed by atoms with Crippen LogP contribution >= 0.6 is 11.3 Å². The zero-order valence-corrected chi connectivity index (χ0v) is 15.9. The second-order valence-corrected chi connectivity index (χ2v) is 7.28. The van der Waals surface area contributed by atoms with Crippen LogP contribution in [0.3, 0.4) is 0 Å². The minimum absolute atomic E-state index is 0.708. The number of anilines is 2. The van der Waals surface area contributed by atoms with Crippen molar-refractivity contribution in [2.75, 3.05) is 11.2 Å².